The lowest BCUT2D eigenvalue weighted by atomic mass is 10.2. The molecule has 1 fully saturated rings. The van der Waals surface area contributed by atoms with Crippen LogP contribution >= 0.6 is 0 Å². The van der Waals surface area contributed by atoms with Gasteiger partial charge in [-0.3, -0.25) is 4.79 Å². The number of amides is 1. The second-order valence-corrected chi connectivity index (χ2v) is 3.59. The number of hydrogen-bond acceptors (Lipinski definition) is 3. The van der Waals surface area contributed by atoms with E-state index in [1.165, 1.54) is 0 Å². The van der Waals surface area contributed by atoms with Gasteiger partial charge in [-0.05, 0) is 6.08 Å². The Morgan fingerprint density at radius 3 is 2.05 bits per heavy atom. The van der Waals surface area contributed by atoms with Crippen LogP contribution in [0.2, 0.25) is 0 Å². The molecule has 110 valence electrons. The Morgan fingerprint density at radius 2 is 1.84 bits per heavy atom. The number of halogens is 5. The fourth-order valence-electron chi connectivity index (χ4n) is 1.10. The van der Waals surface area contributed by atoms with E-state index in [0.717, 1.165) is 11.0 Å². The first kappa shape index (κ1) is 17.3. The lowest BCUT2D eigenvalue weighted by molar-refractivity contribution is -0.192. The summed E-state index contributed by atoms with van der Waals surface area (Å²) in [6.07, 6.45) is -4.08. The Kier molecular flexibility index (Phi) is 5.42. The minimum absolute atomic E-state index is 0.0994. The van der Waals surface area contributed by atoms with Gasteiger partial charge < -0.3 is 15.7 Å². The van der Waals surface area contributed by atoms with E-state index in [1.54, 1.807) is 0 Å². The van der Waals surface area contributed by atoms with E-state index in [-0.39, 0.29) is 6.54 Å². The molecule has 1 aliphatic rings. The molecule has 10 heteroatoms. The standard InChI is InChI=1S/C7H10F2N2O.C2HF3O2/c1-2-6(12)11-3-5(10)7(8,9)4-11;3-2(4,5)1(6)7/h2,5H,1,3-4,10H2;(H,6,7). The molecule has 0 aromatic rings. The van der Waals surface area contributed by atoms with Gasteiger partial charge in [0.15, 0.2) is 0 Å². The number of carboxylic acids is 1. The van der Waals surface area contributed by atoms with Gasteiger partial charge in [-0.15, -0.1) is 0 Å². The summed E-state index contributed by atoms with van der Waals surface area (Å²) in [5.74, 6) is -6.21. The molecule has 1 unspecified atom stereocenters. The van der Waals surface area contributed by atoms with Crippen molar-refractivity contribution in [3.05, 3.63) is 12.7 Å². The molecular formula is C9H11F5N2O3. The molecule has 1 amide bonds. The number of alkyl halides is 5. The summed E-state index contributed by atoms with van der Waals surface area (Å²) < 4.78 is 57.2. The number of likely N-dealkylation sites (tertiary alicyclic amines) is 1. The van der Waals surface area contributed by atoms with Crippen LogP contribution in [-0.4, -0.2) is 53.1 Å². The first-order valence-electron chi connectivity index (χ1n) is 4.76. The van der Waals surface area contributed by atoms with Crippen molar-refractivity contribution in [3.8, 4) is 0 Å². The van der Waals surface area contributed by atoms with Crippen molar-refractivity contribution in [2.24, 2.45) is 5.73 Å². The predicted octanol–water partition coefficient (Wildman–Crippen LogP) is 0.610. The monoisotopic (exact) mass is 290 g/mol. The summed E-state index contributed by atoms with van der Waals surface area (Å²) in [4.78, 5) is 20.8. The second-order valence-electron chi connectivity index (χ2n) is 3.59. The van der Waals surface area contributed by atoms with E-state index in [1.807, 2.05) is 0 Å². The zero-order valence-electron chi connectivity index (χ0n) is 9.45. The minimum atomic E-state index is -5.08. The van der Waals surface area contributed by atoms with Crippen molar-refractivity contribution in [2.45, 2.75) is 18.1 Å². The molecule has 0 radical (unpaired) electrons. The number of hydrogen-bond donors (Lipinski definition) is 2. The maximum absolute atomic E-state index is 12.7. The summed E-state index contributed by atoms with van der Waals surface area (Å²) in [6.45, 7) is 2.50. The van der Waals surface area contributed by atoms with Crippen LogP contribution in [0.4, 0.5) is 22.0 Å². The summed E-state index contributed by atoms with van der Waals surface area (Å²) in [5, 5.41) is 7.12. The van der Waals surface area contributed by atoms with Gasteiger partial charge in [0.2, 0.25) is 5.91 Å². The van der Waals surface area contributed by atoms with Crippen molar-refractivity contribution in [1.82, 2.24) is 4.90 Å². The fraction of sp³-hybridized carbons (Fsp3) is 0.556. The number of nitrogens with zero attached hydrogens (tertiary/aromatic N) is 1. The Labute approximate surface area is 104 Å². The highest BCUT2D eigenvalue weighted by molar-refractivity contribution is 5.87. The molecule has 1 aliphatic heterocycles. The molecule has 1 atom stereocenters. The Balaban J connectivity index is 0.000000399. The fourth-order valence-corrected chi connectivity index (χ4v) is 1.10. The molecule has 0 saturated carbocycles. The number of rotatable bonds is 1. The van der Waals surface area contributed by atoms with Gasteiger partial charge in [0.25, 0.3) is 5.92 Å². The predicted molar refractivity (Wildman–Crippen MR) is 53.4 cm³/mol. The summed E-state index contributed by atoms with van der Waals surface area (Å²) in [7, 11) is 0. The SMILES string of the molecule is C=CC(=O)N1CC(N)C(F)(F)C1.O=C(O)C(F)(F)F. The van der Waals surface area contributed by atoms with E-state index in [4.69, 9.17) is 15.6 Å². The quantitative estimate of drug-likeness (QED) is 0.547. The average Bonchev–Trinajstić information content (AvgIpc) is 2.52. The second kappa shape index (κ2) is 5.95. The number of carbonyl (C=O) groups excluding carboxylic acids is 1. The average molecular weight is 290 g/mol. The van der Waals surface area contributed by atoms with Gasteiger partial charge in [-0.1, -0.05) is 6.58 Å². The highest BCUT2D eigenvalue weighted by Gasteiger charge is 2.47. The molecule has 0 aromatic carbocycles. The molecule has 5 nitrogen and oxygen atoms in total. The van der Waals surface area contributed by atoms with Crippen molar-refractivity contribution in [1.29, 1.82) is 0 Å². The van der Waals surface area contributed by atoms with Gasteiger partial charge in [-0.25, -0.2) is 13.6 Å². The van der Waals surface area contributed by atoms with Crippen molar-refractivity contribution in [2.75, 3.05) is 13.1 Å². The van der Waals surface area contributed by atoms with Gasteiger partial charge in [-0.2, -0.15) is 13.2 Å². The van der Waals surface area contributed by atoms with E-state index < -0.39 is 36.6 Å². The zero-order valence-corrected chi connectivity index (χ0v) is 9.45. The van der Waals surface area contributed by atoms with Gasteiger partial charge in [0.05, 0.1) is 12.6 Å². The molecule has 19 heavy (non-hydrogen) atoms. The van der Waals surface area contributed by atoms with E-state index in [0.29, 0.717) is 0 Å². The molecule has 1 saturated heterocycles. The third-order valence-electron chi connectivity index (χ3n) is 2.09. The van der Waals surface area contributed by atoms with Gasteiger partial charge in [0.1, 0.15) is 0 Å². The van der Waals surface area contributed by atoms with E-state index >= 15 is 0 Å². The molecule has 1 rings (SSSR count). The van der Waals surface area contributed by atoms with Crippen molar-refractivity contribution in [3.63, 3.8) is 0 Å². The van der Waals surface area contributed by atoms with E-state index in [9.17, 15) is 26.7 Å². The van der Waals surface area contributed by atoms with E-state index in [2.05, 4.69) is 6.58 Å². The van der Waals surface area contributed by atoms with Crippen molar-refractivity contribution >= 4 is 11.9 Å². The molecule has 0 bridgehead atoms. The molecule has 0 aromatic heterocycles. The smallest absolute Gasteiger partial charge is 0.475 e. The van der Waals surface area contributed by atoms with Crippen LogP contribution in [-0.2, 0) is 9.59 Å². The van der Waals surface area contributed by atoms with Crippen LogP contribution in [0.15, 0.2) is 12.7 Å². The van der Waals surface area contributed by atoms with Gasteiger partial charge in [0, 0.05) is 6.54 Å². The van der Waals surface area contributed by atoms with Crippen molar-refractivity contribution < 1.29 is 36.6 Å². The maximum Gasteiger partial charge on any atom is 0.490 e. The van der Waals surface area contributed by atoms with Crippen LogP contribution < -0.4 is 5.73 Å². The highest BCUT2D eigenvalue weighted by atomic mass is 19.4. The van der Waals surface area contributed by atoms with Crippen LogP contribution in [0.1, 0.15) is 0 Å². The first-order chi connectivity index (χ1) is 8.41. The summed E-state index contributed by atoms with van der Waals surface area (Å²) in [5.41, 5.74) is 5.12. The molecule has 0 spiro atoms. The Morgan fingerprint density at radius 1 is 1.42 bits per heavy atom. The van der Waals surface area contributed by atoms with Crippen LogP contribution in [0.25, 0.3) is 0 Å². The zero-order chi connectivity index (χ0) is 15.4. The molecular weight excluding hydrogens is 279 g/mol. The number of carboxylic acid groups (broad SMARTS) is 1. The Bertz CT molecular complexity index is 369. The normalized spacial score (nSPS) is 21.4. The lowest BCUT2D eigenvalue weighted by Crippen LogP contribution is -2.38. The molecule has 1 heterocycles. The first-order valence-corrected chi connectivity index (χ1v) is 4.76. The largest absolute Gasteiger partial charge is 0.490 e. The number of carbonyl (C=O) groups is 2. The molecule has 0 aliphatic carbocycles. The number of aliphatic carboxylic acids is 1. The summed E-state index contributed by atoms with van der Waals surface area (Å²) >= 11 is 0. The van der Waals surface area contributed by atoms with Crippen LogP contribution in [0, 0.1) is 0 Å². The van der Waals surface area contributed by atoms with Crippen LogP contribution in [0.3, 0.4) is 0 Å². The minimum Gasteiger partial charge on any atom is -0.475 e. The number of nitrogens with two attached hydrogens (primary N) is 1. The topological polar surface area (TPSA) is 83.6 Å². The van der Waals surface area contributed by atoms with Crippen LogP contribution in [0.5, 0.6) is 0 Å². The third-order valence-corrected chi connectivity index (χ3v) is 2.09. The third kappa shape index (κ3) is 5.20. The highest BCUT2D eigenvalue weighted by Crippen LogP contribution is 2.25. The molecule has 3 N–H and O–H groups in total. The Hall–Kier alpha value is -1.71. The lowest BCUT2D eigenvalue weighted by Gasteiger charge is -2.12. The van der Waals surface area contributed by atoms with Gasteiger partial charge >= 0.3 is 12.1 Å². The summed E-state index contributed by atoms with van der Waals surface area (Å²) in [6, 6.07) is -1.25. The maximum atomic E-state index is 12.7.